The fraction of sp³-hybridized carbons (Fsp3) is 0.385. The third kappa shape index (κ3) is 2.35. The summed E-state index contributed by atoms with van der Waals surface area (Å²) < 4.78 is 5.94. The third-order valence-electron chi connectivity index (χ3n) is 3.27. The van der Waals surface area contributed by atoms with E-state index < -0.39 is 0 Å². The molecule has 0 spiro atoms. The lowest BCUT2D eigenvalue weighted by atomic mass is 10.3. The standard InChI is InChI=1S/C13H15N3O2S/c1-18-13(17)16-8-6-15(7-9-16)12-14-10-4-2-3-5-11(10)19-12/h2-5H,6-9H2,1H3. The van der Waals surface area contributed by atoms with Gasteiger partial charge >= 0.3 is 6.09 Å². The number of ether oxygens (including phenoxy) is 1. The van der Waals surface area contributed by atoms with Gasteiger partial charge in [0.2, 0.25) is 0 Å². The molecule has 3 rings (SSSR count). The van der Waals surface area contributed by atoms with Gasteiger partial charge in [0.25, 0.3) is 0 Å². The number of amides is 1. The molecule has 6 heteroatoms. The number of para-hydroxylation sites is 1. The van der Waals surface area contributed by atoms with Crippen LogP contribution in [0.2, 0.25) is 0 Å². The number of aromatic nitrogens is 1. The summed E-state index contributed by atoms with van der Waals surface area (Å²) >= 11 is 1.70. The van der Waals surface area contributed by atoms with Gasteiger partial charge in [0.1, 0.15) is 0 Å². The van der Waals surface area contributed by atoms with Gasteiger partial charge < -0.3 is 14.5 Å². The SMILES string of the molecule is COC(=O)N1CCN(c2nc3ccccc3s2)CC1. The molecule has 0 bridgehead atoms. The summed E-state index contributed by atoms with van der Waals surface area (Å²) in [7, 11) is 1.42. The molecule has 0 saturated carbocycles. The van der Waals surface area contributed by atoms with E-state index in [2.05, 4.69) is 16.0 Å². The summed E-state index contributed by atoms with van der Waals surface area (Å²) in [6.45, 7) is 2.97. The molecule has 5 nitrogen and oxygen atoms in total. The molecule has 1 saturated heterocycles. The molecular formula is C13H15N3O2S. The third-order valence-corrected chi connectivity index (χ3v) is 4.36. The molecule has 0 radical (unpaired) electrons. The van der Waals surface area contributed by atoms with Crippen molar-refractivity contribution in [3.8, 4) is 0 Å². The Hall–Kier alpha value is -1.82. The molecule has 19 heavy (non-hydrogen) atoms. The summed E-state index contributed by atoms with van der Waals surface area (Å²) in [5, 5.41) is 1.03. The van der Waals surface area contributed by atoms with Gasteiger partial charge in [0, 0.05) is 26.2 Å². The number of fused-ring (bicyclic) bond motifs is 1. The van der Waals surface area contributed by atoms with Crippen molar-refractivity contribution in [1.29, 1.82) is 0 Å². The van der Waals surface area contributed by atoms with Crippen molar-refractivity contribution < 1.29 is 9.53 Å². The van der Waals surface area contributed by atoms with Crippen LogP contribution in [-0.4, -0.2) is 49.3 Å². The normalized spacial score (nSPS) is 15.8. The number of anilines is 1. The van der Waals surface area contributed by atoms with E-state index in [0.29, 0.717) is 13.1 Å². The quantitative estimate of drug-likeness (QED) is 0.801. The number of hydrogen-bond acceptors (Lipinski definition) is 5. The first-order chi connectivity index (χ1) is 9.28. The molecule has 0 N–H and O–H groups in total. The van der Waals surface area contributed by atoms with E-state index in [0.717, 1.165) is 23.7 Å². The number of piperazine rings is 1. The highest BCUT2D eigenvalue weighted by molar-refractivity contribution is 7.22. The predicted octanol–water partition coefficient (Wildman–Crippen LogP) is 2.18. The van der Waals surface area contributed by atoms with E-state index in [1.54, 1.807) is 16.2 Å². The van der Waals surface area contributed by atoms with Crippen LogP contribution in [0.5, 0.6) is 0 Å². The molecule has 100 valence electrons. The molecule has 1 aliphatic heterocycles. The Kier molecular flexibility index (Phi) is 3.25. The van der Waals surface area contributed by atoms with Gasteiger partial charge in [-0.15, -0.1) is 0 Å². The van der Waals surface area contributed by atoms with E-state index in [9.17, 15) is 4.79 Å². The number of nitrogens with zero attached hydrogens (tertiary/aromatic N) is 3. The molecule has 2 heterocycles. The van der Waals surface area contributed by atoms with E-state index in [1.165, 1.54) is 11.8 Å². The Bertz CT molecular complexity index is 557. The number of carbonyl (C=O) groups is 1. The van der Waals surface area contributed by atoms with Crippen molar-refractivity contribution in [3.63, 3.8) is 0 Å². The lowest BCUT2D eigenvalue weighted by Gasteiger charge is -2.33. The zero-order chi connectivity index (χ0) is 13.2. The van der Waals surface area contributed by atoms with Crippen molar-refractivity contribution in [1.82, 2.24) is 9.88 Å². The molecule has 1 aromatic heterocycles. The first-order valence-corrected chi connectivity index (χ1v) is 7.03. The Morgan fingerprint density at radius 3 is 2.68 bits per heavy atom. The van der Waals surface area contributed by atoms with Gasteiger partial charge in [0.05, 0.1) is 17.3 Å². The van der Waals surface area contributed by atoms with E-state index in [-0.39, 0.29) is 6.09 Å². The zero-order valence-corrected chi connectivity index (χ0v) is 11.5. The molecule has 0 unspecified atom stereocenters. The fourth-order valence-electron chi connectivity index (χ4n) is 2.20. The number of benzene rings is 1. The first kappa shape index (κ1) is 12.2. The van der Waals surface area contributed by atoms with Gasteiger partial charge in [-0.25, -0.2) is 9.78 Å². The van der Waals surface area contributed by atoms with Crippen LogP contribution in [0.25, 0.3) is 10.2 Å². The minimum absolute atomic E-state index is 0.246. The molecule has 2 aromatic rings. The largest absolute Gasteiger partial charge is 0.453 e. The second-order valence-electron chi connectivity index (χ2n) is 4.41. The average molecular weight is 277 g/mol. The number of rotatable bonds is 1. The highest BCUT2D eigenvalue weighted by Crippen LogP contribution is 2.29. The fourth-order valence-corrected chi connectivity index (χ4v) is 3.22. The summed E-state index contributed by atoms with van der Waals surface area (Å²) in [6.07, 6.45) is -0.246. The van der Waals surface area contributed by atoms with Gasteiger partial charge in [0.15, 0.2) is 5.13 Å². The highest BCUT2D eigenvalue weighted by atomic mass is 32.1. The van der Waals surface area contributed by atoms with Crippen molar-refractivity contribution in [2.24, 2.45) is 0 Å². The molecule has 0 aliphatic carbocycles. The van der Waals surface area contributed by atoms with E-state index >= 15 is 0 Å². The number of methoxy groups -OCH3 is 1. The van der Waals surface area contributed by atoms with Crippen LogP contribution in [0.15, 0.2) is 24.3 Å². The van der Waals surface area contributed by atoms with Crippen molar-refractivity contribution >= 4 is 32.8 Å². The molecule has 1 amide bonds. The number of carbonyl (C=O) groups excluding carboxylic acids is 1. The molecule has 1 aromatic carbocycles. The van der Waals surface area contributed by atoms with Gasteiger partial charge in [-0.1, -0.05) is 23.5 Å². The van der Waals surface area contributed by atoms with E-state index in [4.69, 9.17) is 4.74 Å². The maximum Gasteiger partial charge on any atom is 0.409 e. The second-order valence-corrected chi connectivity index (χ2v) is 5.42. The predicted molar refractivity (Wildman–Crippen MR) is 75.8 cm³/mol. The van der Waals surface area contributed by atoms with E-state index in [1.807, 2.05) is 18.2 Å². The van der Waals surface area contributed by atoms with Crippen LogP contribution < -0.4 is 4.90 Å². The maximum atomic E-state index is 11.4. The monoisotopic (exact) mass is 277 g/mol. The van der Waals surface area contributed by atoms with Gasteiger partial charge in [-0.05, 0) is 12.1 Å². The number of thiazole rings is 1. The molecular weight excluding hydrogens is 262 g/mol. The van der Waals surface area contributed by atoms with Crippen molar-refractivity contribution in [3.05, 3.63) is 24.3 Å². The minimum Gasteiger partial charge on any atom is -0.453 e. The van der Waals surface area contributed by atoms with Crippen LogP contribution >= 0.6 is 11.3 Å². The Labute approximate surface area is 115 Å². The molecule has 1 fully saturated rings. The second kappa shape index (κ2) is 5.05. The van der Waals surface area contributed by atoms with Gasteiger partial charge in [-0.3, -0.25) is 0 Å². The Morgan fingerprint density at radius 2 is 2.00 bits per heavy atom. The van der Waals surface area contributed by atoms with Crippen molar-refractivity contribution in [2.45, 2.75) is 0 Å². The van der Waals surface area contributed by atoms with Crippen LogP contribution in [0.3, 0.4) is 0 Å². The van der Waals surface area contributed by atoms with Crippen LogP contribution in [0, 0.1) is 0 Å². The Morgan fingerprint density at radius 1 is 1.26 bits per heavy atom. The smallest absolute Gasteiger partial charge is 0.409 e. The van der Waals surface area contributed by atoms with Crippen molar-refractivity contribution in [2.75, 3.05) is 38.2 Å². The topological polar surface area (TPSA) is 45.7 Å². The van der Waals surface area contributed by atoms with Crippen LogP contribution in [0.4, 0.5) is 9.93 Å². The van der Waals surface area contributed by atoms with Gasteiger partial charge in [-0.2, -0.15) is 0 Å². The lowest BCUT2D eigenvalue weighted by molar-refractivity contribution is 0.121. The molecule has 1 aliphatic rings. The summed E-state index contributed by atoms with van der Waals surface area (Å²) in [5.41, 5.74) is 1.04. The maximum absolute atomic E-state index is 11.4. The summed E-state index contributed by atoms with van der Waals surface area (Å²) in [6, 6.07) is 8.14. The zero-order valence-electron chi connectivity index (χ0n) is 10.7. The number of hydrogen-bond donors (Lipinski definition) is 0. The Balaban J connectivity index is 1.72. The molecule has 0 atom stereocenters. The lowest BCUT2D eigenvalue weighted by Crippen LogP contribution is -2.48. The minimum atomic E-state index is -0.246. The van der Waals surface area contributed by atoms with Crippen LogP contribution in [0.1, 0.15) is 0 Å². The average Bonchev–Trinajstić information content (AvgIpc) is 2.90. The summed E-state index contributed by atoms with van der Waals surface area (Å²) in [4.78, 5) is 20.0. The highest BCUT2D eigenvalue weighted by Gasteiger charge is 2.23. The van der Waals surface area contributed by atoms with Crippen LogP contribution in [-0.2, 0) is 4.74 Å². The summed E-state index contributed by atoms with van der Waals surface area (Å²) in [5.74, 6) is 0. The first-order valence-electron chi connectivity index (χ1n) is 6.21.